The van der Waals surface area contributed by atoms with Gasteiger partial charge in [-0.25, -0.2) is 0 Å². The molecule has 0 fully saturated rings. The smallest absolute Gasteiger partial charge is 0.150 e. The van der Waals surface area contributed by atoms with Gasteiger partial charge in [0.05, 0.1) is 22.7 Å². The van der Waals surface area contributed by atoms with E-state index in [1.165, 1.54) is 0 Å². The molecule has 0 aliphatic heterocycles. The largest absolute Gasteiger partial charge is 0.497 e. The normalized spacial score (nSPS) is 9.39. The number of hydrogen-bond acceptors (Lipinski definition) is 3. The van der Waals surface area contributed by atoms with Crippen LogP contribution in [0.3, 0.4) is 0 Å². The molecule has 0 spiro atoms. The van der Waals surface area contributed by atoms with Gasteiger partial charge in [-0.05, 0) is 36.4 Å². The maximum atomic E-state index is 10.4. The van der Waals surface area contributed by atoms with Gasteiger partial charge in [0.2, 0.25) is 0 Å². The maximum Gasteiger partial charge on any atom is 0.150 e. The van der Waals surface area contributed by atoms with Crippen molar-refractivity contribution < 1.29 is 20.0 Å². The Morgan fingerprint density at radius 2 is 1.30 bits per heavy atom. The van der Waals surface area contributed by atoms with Crippen molar-refractivity contribution in [1.82, 2.24) is 0 Å². The Bertz CT molecular complexity index is 622. The minimum Gasteiger partial charge on any atom is -0.497 e. The lowest BCUT2D eigenvalue weighted by atomic mass is 10.2. The molecule has 7 heteroatoms. The maximum absolute atomic E-state index is 10.4. The number of benzene rings is 2. The van der Waals surface area contributed by atoms with Gasteiger partial charge in [0.1, 0.15) is 17.8 Å². The predicted octanol–water partition coefficient (Wildman–Crippen LogP) is 6.08. The first-order valence-corrected chi connectivity index (χ1v) is 8.43. The molecule has 2 aromatic carbocycles. The van der Waals surface area contributed by atoms with Gasteiger partial charge in [0, 0.05) is 19.0 Å². The van der Waals surface area contributed by atoms with Gasteiger partial charge in [-0.15, -0.1) is 0 Å². The van der Waals surface area contributed by atoms with Crippen LogP contribution in [-0.4, -0.2) is 27.7 Å². The van der Waals surface area contributed by atoms with E-state index in [9.17, 15) is 9.18 Å². The lowest BCUT2D eigenvalue weighted by molar-refractivity contribution is 0.112. The van der Waals surface area contributed by atoms with E-state index in [-0.39, 0.29) is 0 Å². The molecule has 0 saturated carbocycles. The highest BCUT2D eigenvalue weighted by molar-refractivity contribution is 9.11. The van der Waals surface area contributed by atoms with Gasteiger partial charge in [0.15, 0.2) is 0 Å². The Morgan fingerprint density at radius 1 is 0.913 bits per heavy atom. The quantitative estimate of drug-likeness (QED) is 0.465. The standard InChI is InChI=1S/C8H7BrO2.C7H6Br2O.CH3F/c1-11-8-3-6(5-10)2-7(9)4-8;1-10-7-3-5(8)2-6(9)4-7;1-2/h2-5H,1H3;2-4H,1H3;1H3/i;;1D. The SMILES string of the molecule is COc1cc(Br)cc(Br)c1.COc1cc(Br)cc(C=O)c1.[2H]CF. The minimum atomic E-state index is -1.00. The molecule has 0 aliphatic rings. The third kappa shape index (κ3) is 9.07. The summed E-state index contributed by atoms with van der Waals surface area (Å²) in [5, 5.41) is 0. The molecule has 2 rings (SSSR count). The first-order valence-electron chi connectivity index (χ1n) is 6.75. The van der Waals surface area contributed by atoms with Crippen LogP contribution < -0.4 is 9.47 Å². The highest BCUT2D eigenvalue weighted by Crippen LogP contribution is 2.24. The van der Waals surface area contributed by atoms with Crippen molar-refractivity contribution >= 4 is 54.1 Å². The Morgan fingerprint density at radius 3 is 1.70 bits per heavy atom. The molecule has 2 aromatic rings. The van der Waals surface area contributed by atoms with E-state index >= 15 is 0 Å². The van der Waals surface area contributed by atoms with Crippen LogP contribution in [0, 0.1) is 0 Å². The van der Waals surface area contributed by atoms with Crippen molar-refractivity contribution in [1.29, 1.82) is 0 Å². The van der Waals surface area contributed by atoms with Crippen molar-refractivity contribution in [2.75, 3.05) is 21.4 Å². The second-order valence-electron chi connectivity index (χ2n) is 3.85. The number of carbonyl (C=O) groups excluding carboxylic acids is 1. The van der Waals surface area contributed by atoms with E-state index < -0.39 is 7.15 Å². The number of methoxy groups -OCH3 is 2. The monoisotopic (exact) mass is 513 g/mol. The number of carbonyl (C=O) groups is 1. The van der Waals surface area contributed by atoms with E-state index in [2.05, 4.69) is 47.8 Å². The number of halogens is 4. The molecule has 0 aromatic heterocycles. The average Bonchev–Trinajstić information content (AvgIpc) is 2.54. The van der Waals surface area contributed by atoms with Gasteiger partial charge in [-0.3, -0.25) is 9.18 Å². The fourth-order valence-corrected chi connectivity index (χ4v) is 3.16. The summed E-state index contributed by atoms with van der Waals surface area (Å²) in [5.74, 6) is 1.53. The fraction of sp³-hybridized carbons (Fsp3) is 0.188. The lowest BCUT2D eigenvalue weighted by Gasteiger charge is -2.00. The van der Waals surface area contributed by atoms with Crippen molar-refractivity contribution in [3.8, 4) is 11.5 Å². The van der Waals surface area contributed by atoms with Gasteiger partial charge in [-0.2, -0.15) is 0 Å². The number of alkyl halides is 1. The Balaban J connectivity index is 0.000000381. The van der Waals surface area contributed by atoms with Crippen LogP contribution in [0.5, 0.6) is 11.5 Å². The van der Waals surface area contributed by atoms with Crippen LogP contribution in [0.15, 0.2) is 49.8 Å². The molecule has 0 saturated heterocycles. The molecule has 0 heterocycles. The zero-order valence-corrected chi connectivity index (χ0v) is 17.2. The molecule has 126 valence electrons. The van der Waals surface area contributed by atoms with Gasteiger partial charge in [0.25, 0.3) is 0 Å². The van der Waals surface area contributed by atoms with E-state index in [1.54, 1.807) is 32.4 Å². The third-order valence-corrected chi connectivity index (χ3v) is 3.71. The summed E-state index contributed by atoms with van der Waals surface area (Å²) >= 11 is 9.94. The Hall–Kier alpha value is -0.920. The highest BCUT2D eigenvalue weighted by atomic mass is 79.9. The van der Waals surface area contributed by atoms with Crippen molar-refractivity contribution in [2.24, 2.45) is 0 Å². The number of ether oxygens (including phenoxy) is 2. The summed E-state index contributed by atoms with van der Waals surface area (Å²) in [6.07, 6.45) is 0.785. The summed E-state index contributed by atoms with van der Waals surface area (Å²) in [4.78, 5) is 10.4. The topological polar surface area (TPSA) is 35.5 Å². The van der Waals surface area contributed by atoms with E-state index in [4.69, 9.17) is 10.8 Å². The molecule has 0 bridgehead atoms. The second kappa shape index (κ2) is 12.5. The summed E-state index contributed by atoms with van der Waals surface area (Å²) in [5.41, 5.74) is 0.608. The number of aldehydes is 1. The van der Waals surface area contributed by atoms with Crippen molar-refractivity contribution in [3.05, 3.63) is 55.4 Å². The average molecular weight is 516 g/mol. The summed E-state index contributed by atoms with van der Waals surface area (Å²) in [6.45, 7) is 0. The molecule has 0 atom stereocenters. The van der Waals surface area contributed by atoms with E-state index in [0.29, 0.717) is 11.3 Å². The predicted molar refractivity (Wildman–Crippen MR) is 102 cm³/mol. The zero-order chi connectivity index (χ0) is 18.5. The van der Waals surface area contributed by atoms with Crippen LogP contribution in [0.25, 0.3) is 0 Å². The van der Waals surface area contributed by atoms with Gasteiger partial charge < -0.3 is 9.47 Å². The second-order valence-corrected chi connectivity index (χ2v) is 6.60. The van der Waals surface area contributed by atoms with Gasteiger partial charge in [-0.1, -0.05) is 47.8 Å². The van der Waals surface area contributed by atoms with Crippen LogP contribution in [0.4, 0.5) is 4.39 Å². The minimum absolute atomic E-state index is 0.608. The molecular weight excluding hydrogens is 499 g/mol. The lowest BCUT2D eigenvalue weighted by Crippen LogP contribution is -1.85. The fourth-order valence-electron chi connectivity index (χ4n) is 1.42. The van der Waals surface area contributed by atoms with Gasteiger partial charge >= 0.3 is 0 Å². The van der Waals surface area contributed by atoms with E-state index in [1.807, 2.05) is 18.2 Å². The summed E-state index contributed by atoms with van der Waals surface area (Å²) in [6, 6.07) is 11.0. The van der Waals surface area contributed by atoms with Crippen LogP contribution in [-0.2, 0) is 0 Å². The first-order chi connectivity index (χ1) is 11.4. The molecule has 0 radical (unpaired) electrons. The molecule has 23 heavy (non-hydrogen) atoms. The van der Waals surface area contributed by atoms with Crippen molar-refractivity contribution in [2.45, 2.75) is 0 Å². The van der Waals surface area contributed by atoms with Crippen LogP contribution >= 0.6 is 47.8 Å². The molecular formula is C16H16Br3FO3. The number of hydrogen-bond donors (Lipinski definition) is 0. The summed E-state index contributed by atoms with van der Waals surface area (Å²) in [7, 11) is 2.21. The zero-order valence-electron chi connectivity index (χ0n) is 13.5. The molecule has 0 aliphatic carbocycles. The highest BCUT2D eigenvalue weighted by Gasteiger charge is 1.97. The molecule has 0 amide bonds. The summed E-state index contributed by atoms with van der Waals surface area (Å²) < 4.78 is 28.3. The third-order valence-electron chi connectivity index (χ3n) is 2.34. The molecule has 3 nitrogen and oxygen atoms in total. The van der Waals surface area contributed by atoms with Crippen molar-refractivity contribution in [3.63, 3.8) is 0 Å². The van der Waals surface area contributed by atoms with Crippen LogP contribution in [0.2, 0.25) is 0 Å². The first kappa shape index (κ1) is 20.1. The Labute approximate surface area is 162 Å². The molecule has 0 N–H and O–H groups in total. The Kier molecular flexibility index (Phi) is 10.9. The van der Waals surface area contributed by atoms with Crippen LogP contribution in [0.1, 0.15) is 11.7 Å². The van der Waals surface area contributed by atoms with E-state index in [0.717, 1.165) is 25.5 Å². The number of rotatable bonds is 3. The molecule has 0 unspecified atom stereocenters.